The average molecular weight is 522 g/mol. The molecule has 2 heterocycles. The number of carbonyl (C=O) groups excluding carboxylic acids is 2. The Labute approximate surface area is 218 Å². The fourth-order valence-electron chi connectivity index (χ4n) is 4.73. The Hall–Kier alpha value is -3.59. The first kappa shape index (κ1) is 25.1. The number of hydrogen-bond acceptors (Lipinski definition) is 6. The number of aromatic hydroxyl groups is 1. The highest BCUT2D eigenvalue weighted by atomic mass is 32.2. The number of benzene rings is 2. The molecular weight excluding hydrogens is 493 g/mol. The summed E-state index contributed by atoms with van der Waals surface area (Å²) in [4.78, 5) is 30.8. The van der Waals surface area contributed by atoms with E-state index < -0.39 is 11.7 Å². The van der Waals surface area contributed by atoms with Crippen molar-refractivity contribution < 1.29 is 23.8 Å². The number of fused-ring (bicyclic) bond motifs is 1. The molecule has 1 aliphatic carbocycles. The fraction of sp³-hybridized carbons (Fsp3) is 0.321. The first-order valence-corrected chi connectivity index (χ1v) is 13.3. The zero-order chi connectivity index (χ0) is 25.9. The molecule has 3 N–H and O–H groups in total. The van der Waals surface area contributed by atoms with Crippen LogP contribution >= 0.6 is 11.8 Å². The average Bonchev–Trinajstić information content (AvgIpc) is 3.34. The molecule has 2 amide bonds. The summed E-state index contributed by atoms with van der Waals surface area (Å²) >= 11 is 1.75. The number of phenolic OH excluding ortho intramolecular Hbond substituents is 1. The van der Waals surface area contributed by atoms with Crippen LogP contribution in [0.15, 0.2) is 53.6 Å². The number of amides is 2. The SMILES string of the molecule is Cc1ccc(C(=O)NC2CCC(NC(=O)c3cc(F)cnc3Oc3ccc4c(c3)SCC4)CC2)c(O)c1. The van der Waals surface area contributed by atoms with Crippen LogP contribution in [-0.2, 0) is 6.42 Å². The van der Waals surface area contributed by atoms with Crippen LogP contribution in [0.3, 0.4) is 0 Å². The molecule has 0 unspecified atom stereocenters. The number of carbonyl (C=O) groups is 2. The maximum Gasteiger partial charge on any atom is 0.257 e. The summed E-state index contributed by atoms with van der Waals surface area (Å²) in [5.74, 6) is 0.211. The number of phenols is 1. The minimum atomic E-state index is -0.618. The molecule has 9 heteroatoms. The Morgan fingerprint density at radius 3 is 2.41 bits per heavy atom. The van der Waals surface area contributed by atoms with E-state index in [2.05, 4.69) is 15.6 Å². The van der Waals surface area contributed by atoms with Crippen LogP contribution in [0.25, 0.3) is 0 Å². The molecule has 7 nitrogen and oxygen atoms in total. The Bertz CT molecular complexity index is 1340. The molecule has 37 heavy (non-hydrogen) atoms. The molecule has 0 atom stereocenters. The maximum atomic E-state index is 14.0. The first-order valence-electron chi connectivity index (χ1n) is 12.4. The van der Waals surface area contributed by atoms with Gasteiger partial charge in [-0.1, -0.05) is 12.1 Å². The van der Waals surface area contributed by atoms with Crippen molar-refractivity contribution in [2.24, 2.45) is 0 Å². The van der Waals surface area contributed by atoms with Crippen molar-refractivity contribution in [1.29, 1.82) is 0 Å². The summed E-state index contributed by atoms with van der Waals surface area (Å²) in [6.07, 6.45) is 4.69. The Balaban J connectivity index is 1.19. The van der Waals surface area contributed by atoms with Gasteiger partial charge in [-0.25, -0.2) is 9.37 Å². The van der Waals surface area contributed by atoms with Gasteiger partial charge in [0.2, 0.25) is 5.88 Å². The quantitative estimate of drug-likeness (QED) is 0.415. The number of pyridine rings is 1. The predicted molar refractivity (Wildman–Crippen MR) is 139 cm³/mol. The topological polar surface area (TPSA) is 101 Å². The molecule has 1 saturated carbocycles. The number of nitrogens with one attached hydrogen (secondary N) is 2. The van der Waals surface area contributed by atoms with Gasteiger partial charge >= 0.3 is 0 Å². The van der Waals surface area contributed by atoms with Crippen LogP contribution < -0.4 is 15.4 Å². The van der Waals surface area contributed by atoms with Crippen LogP contribution in [0.4, 0.5) is 4.39 Å². The molecule has 5 rings (SSSR count). The van der Waals surface area contributed by atoms with E-state index in [1.54, 1.807) is 30.0 Å². The summed E-state index contributed by atoms with van der Waals surface area (Å²) < 4.78 is 19.9. The van der Waals surface area contributed by atoms with Crippen LogP contribution in [0.2, 0.25) is 0 Å². The third-order valence-corrected chi connectivity index (χ3v) is 7.84. The van der Waals surface area contributed by atoms with Gasteiger partial charge in [0.25, 0.3) is 11.8 Å². The molecule has 1 aromatic heterocycles. The van der Waals surface area contributed by atoms with E-state index >= 15 is 0 Å². The summed E-state index contributed by atoms with van der Waals surface area (Å²) in [5, 5.41) is 16.0. The number of aryl methyl sites for hydroxylation is 2. The van der Waals surface area contributed by atoms with Crippen molar-refractivity contribution in [2.75, 3.05) is 5.75 Å². The zero-order valence-corrected chi connectivity index (χ0v) is 21.2. The van der Waals surface area contributed by atoms with Gasteiger partial charge in [0.05, 0.1) is 11.8 Å². The molecule has 0 radical (unpaired) electrons. The molecule has 192 valence electrons. The minimum Gasteiger partial charge on any atom is -0.507 e. The lowest BCUT2D eigenvalue weighted by molar-refractivity contribution is 0.0888. The number of hydrogen-bond donors (Lipinski definition) is 3. The lowest BCUT2D eigenvalue weighted by atomic mass is 9.90. The molecule has 0 spiro atoms. The van der Waals surface area contributed by atoms with Crippen LogP contribution in [0.1, 0.15) is 57.5 Å². The van der Waals surface area contributed by atoms with Gasteiger partial charge < -0.3 is 20.5 Å². The highest BCUT2D eigenvalue weighted by Crippen LogP contribution is 2.35. The number of nitrogens with zero attached hydrogens (tertiary/aromatic N) is 1. The molecule has 1 aliphatic heterocycles. The normalized spacial score (nSPS) is 18.6. The second kappa shape index (κ2) is 10.8. The summed E-state index contributed by atoms with van der Waals surface area (Å²) in [6, 6.07) is 11.7. The number of rotatable bonds is 6. The highest BCUT2D eigenvalue weighted by Gasteiger charge is 2.26. The van der Waals surface area contributed by atoms with Gasteiger partial charge in [0, 0.05) is 22.7 Å². The largest absolute Gasteiger partial charge is 0.507 e. The van der Waals surface area contributed by atoms with Crippen molar-refractivity contribution >= 4 is 23.6 Å². The van der Waals surface area contributed by atoms with E-state index in [0.717, 1.165) is 34.9 Å². The number of aromatic nitrogens is 1. The van der Waals surface area contributed by atoms with Crippen molar-refractivity contribution in [3.63, 3.8) is 0 Å². The van der Waals surface area contributed by atoms with Gasteiger partial charge in [-0.05, 0) is 80.5 Å². The standard InChI is InChI=1S/C28H28FN3O4S/c1-16-2-9-22(24(33)12-16)26(34)31-19-4-6-20(7-5-19)32-27(35)23-13-18(29)15-30-28(23)36-21-8-3-17-10-11-37-25(17)14-21/h2-3,8-9,12-15,19-20,33H,4-7,10-11H2,1H3,(H,31,34)(H,32,35). The Kier molecular flexibility index (Phi) is 7.32. The zero-order valence-electron chi connectivity index (χ0n) is 20.4. The highest BCUT2D eigenvalue weighted by molar-refractivity contribution is 7.99. The van der Waals surface area contributed by atoms with Crippen LogP contribution in [0.5, 0.6) is 17.4 Å². The minimum absolute atomic E-state index is 0.0402. The number of ether oxygens (including phenoxy) is 1. The van der Waals surface area contributed by atoms with Crippen LogP contribution in [-0.4, -0.2) is 39.7 Å². The van der Waals surface area contributed by atoms with Gasteiger partial charge in [0.15, 0.2) is 0 Å². The molecule has 0 saturated heterocycles. The van der Waals surface area contributed by atoms with E-state index in [1.165, 1.54) is 5.56 Å². The molecule has 0 bridgehead atoms. The molecule has 2 aromatic carbocycles. The molecular formula is C28H28FN3O4S. The van der Waals surface area contributed by atoms with Crippen molar-refractivity contribution in [3.8, 4) is 17.4 Å². The third-order valence-electron chi connectivity index (χ3n) is 6.74. The molecule has 1 fully saturated rings. The van der Waals surface area contributed by atoms with E-state index in [0.29, 0.717) is 31.4 Å². The second-order valence-corrected chi connectivity index (χ2v) is 10.6. The number of thioether (sulfide) groups is 1. The number of halogens is 1. The van der Waals surface area contributed by atoms with Crippen molar-refractivity contribution in [3.05, 3.63) is 76.7 Å². The first-order chi connectivity index (χ1) is 17.9. The molecule has 3 aromatic rings. The molecule has 2 aliphatic rings. The van der Waals surface area contributed by atoms with E-state index in [1.807, 2.05) is 25.1 Å². The van der Waals surface area contributed by atoms with E-state index in [-0.39, 0.29) is 40.7 Å². The third kappa shape index (κ3) is 5.88. The monoisotopic (exact) mass is 521 g/mol. The van der Waals surface area contributed by atoms with Crippen molar-refractivity contribution in [1.82, 2.24) is 15.6 Å². The van der Waals surface area contributed by atoms with Crippen molar-refractivity contribution in [2.45, 2.75) is 56.0 Å². The summed E-state index contributed by atoms with van der Waals surface area (Å²) in [6.45, 7) is 1.85. The Morgan fingerprint density at radius 1 is 1.00 bits per heavy atom. The van der Waals surface area contributed by atoms with E-state index in [4.69, 9.17) is 4.74 Å². The Morgan fingerprint density at radius 2 is 1.70 bits per heavy atom. The van der Waals surface area contributed by atoms with Gasteiger partial charge in [-0.15, -0.1) is 11.8 Å². The van der Waals surface area contributed by atoms with Gasteiger partial charge in [0.1, 0.15) is 22.9 Å². The smallest absolute Gasteiger partial charge is 0.257 e. The van der Waals surface area contributed by atoms with Gasteiger partial charge in [-0.2, -0.15) is 0 Å². The van der Waals surface area contributed by atoms with E-state index in [9.17, 15) is 19.1 Å². The second-order valence-electron chi connectivity index (χ2n) is 9.49. The van der Waals surface area contributed by atoms with Crippen LogP contribution in [0, 0.1) is 12.7 Å². The lowest BCUT2D eigenvalue weighted by Gasteiger charge is -2.30. The summed E-state index contributed by atoms with van der Waals surface area (Å²) in [7, 11) is 0. The predicted octanol–water partition coefficient (Wildman–Crippen LogP) is 5.15. The lowest BCUT2D eigenvalue weighted by Crippen LogP contribution is -2.43. The summed E-state index contributed by atoms with van der Waals surface area (Å²) in [5.41, 5.74) is 2.43. The maximum absolute atomic E-state index is 14.0. The fourth-order valence-corrected chi connectivity index (χ4v) is 5.83. The van der Waals surface area contributed by atoms with Gasteiger partial charge in [-0.3, -0.25) is 9.59 Å².